The molecule has 37 heavy (non-hydrogen) atoms. The molecule has 4 aromatic carbocycles. The maximum absolute atomic E-state index is 4.76. The Kier molecular flexibility index (Phi) is 6.88. The number of hydrogen-bond acceptors (Lipinski definition) is 4. The maximum atomic E-state index is 4.76. The van der Waals surface area contributed by atoms with E-state index in [0.29, 0.717) is 6.54 Å². The minimum Gasteiger partial charge on any atom is -0.282 e. The molecule has 6 rings (SSSR count). The second-order valence-electron chi connectivity index (χ2n) is 9.29. The molecule has 0 unspecified atom stereocenters. The topological polar surface area (TPSA) is 34.0 Å². The summed E-state index contributed by atoms with van der Waals surface area (Å²) in [5.41, 5.74) is 6.01. The monoisotopic (exact) mass is 500 g/mol. The molecule has 2 aromatic heterocycles. The van der Waals surface area contributed by atoms with Crippen LogP contribution in [0.2, 0.25) is 0 Å². The van der Waals surface area contributed by atoms with Crippen molar-refractivity contribution < 1.29 is 0 Å². The van der Waals surface area contributed by atoms with Gasteiger partial charge in [0.15, 0.2) is 0 Å². The van der Waals surface area contributed by atoms with Crippen molar-refractivity contribution in [2.75, 3.05) is 0 Å². The summed E-state index contributed by atoms with van der Waals surface area (Å²) in [4.78, 5) is 2.52. The third kappa shape index (κ3) is 5.38. The number of hydrogen-bond donors (Lipinski definition) is 0. The van der Waals surface area contributed by atoms with Gasteiger partial charge in [-0.15, -0.1) is 16.4 Å². The number of aromatic nitrogens is 3. The van der Waals surface area contributed by atoms with E-state index in [2.05, 4.69) is 131 Å². The summed E-state index contributed by atoms with van der Waals surface area (Å²) in [6, 6.07) is 40.4. The molecule has 0 radical (unpaired) electrons. The Morgan fingerprint density at radius 1 is 0.676 bits per heavy atom. The van der Waals surface area contributed by atoms with Gasteiger partial charge in [0.1, 0.15) is 5.69 Å². The van der Waals surface area contributed by atoms with E-state index < -0.39 is 0 Å². The first-order chi connectivity index (χ1) is 18.3. The average molecular weight is 501 g/mol. The van der Waals surface area contributed by atoms with Crippen molar-refractivity contribution in [1.82, 2.24) is 19.9 Å². The normalized spacial score (nSPS) is 12.2. The van der Waals surface area contributed by atoms with Crippen LogP contribution in [0.5, 0.6) is 0 Å². The molecule has 0 spiro atoms. The van der Waals surface area contributed by atoms with Crippen molar-refractivity contribution in [2.45, 2.75) is 25.7 Å². The lowest BCUT2D eigenvalue weighted by Crippen LogP contribution is -2.29. The highest BCUT2D eigenvalue weighted by molar-refractivity contribution is 7.17. The number of nitrogens with zero attached hydrogens (tertiary/aromatic N) is 4. The Morgan fingerprint density at radius 2 is 1.24 bits per heavy atom. The van der Waals surface area contributed by atoms with Crippen LogP contribution in [0.1, 0.15) is 34.0 Å². The third-order valence-corrected chi connectivity index (χ3v) is 7.63. The highest BCUT2D eigenvalue weighted by atomic mass is 32.1. The van der Waals surface area contributed by atoms with Crippen molar-refractivity contribution >= 4 is 21.4 Å². The molecule has 4 nitrogen and oxygen atoms in total. The van der Waals surface area contributed by atoms with Crippen LogP contribution in [0.3, 0.4) is 0 Å². The van der Waals surface area contributed by atoms with Gasteiger partial charge in [-0.3, -0.25) is 4.90 Å². The van der Waals surface area contributed by atoms with Crippen LogP contribution in [-0.4, -0.2) is 19.9 Å². The van der Waals surface area contributed by atoms with E-state index in [1.165, 1.54) is 32.3 Å². The Bertz CT molecular complexity index is 1520. The van der Waals surface area contributed by atoms with Crippen LogP contribution in [0.4, 0.5) is 0 Å². The quantitative estimate of drug-likeness (QED) is 0.208. The minimum atomic E-state index is -0.0407. The van der Waals surface area contributed by atoms with Gasteiger partial charge in [0.2, 0.25) is 0 Å². The summed E-state index contributed by atoms with van der Waals surface area (Å²) in [5, 5.41) is 12.9. The van der Waals surface area contributed by atoms with Crippen LogP contribution in [0.25, 0.3) is 10.1 Å². The fourth-order valence-corrected chi connectivity index (χ4v) is 5.89. The van der Waals surface area contributed by atoms with E-state index in [1.54, 1.807) is 11.3 Å². The summed E-state index contributed by atoms with van der Waals surface area (Å²) in [5.74, 6) is 0. The van der Waals surface area contributed by atoms with Crippen molar-refractivity contribution in [3.8, 4) is 0 Å². The van der Waals surface area contributed by atoms with Crippen molar-refractivity contribution in [1.29, 1.82) is 0 Å². The van der Waals surface area contributed by atoms with E-state index in [4.69, 9.17) is 5.10 Å². The maximum Gasteiger partial charge on any atom is 0.104 e. The first-order valence-corrected chi connectivity index (χ1v) is 13.4. The molecule has 0 fully saturated rings. The molecule has 5 heteroatoms. The summed E-state index contributed by atoms with van der Waals surface area (Å²) < 4.78 is 3.24. The van der Waals surface area contributed by atoms with E-state index in [9.17, 15) is 0 Å². The second kappa shape index (κ2) is 10.9. The van der Waals surface area contributed by atoms with Gasteiger partial charge in [-0.25, -0.2) is 4.68 Å². The first kappa shape index (κ1) is 23.3. The SMILES string of the molecule is c1ccc(CN(Cc2ccccc2)[C@H](c2cn(Cc3ccccc3)nn2)c2csc3ccccc23)cc1. The highest BCUT2D eigenvalue weighted by Crippen LogP contribution is 2.38. The van der Waals surface area contributed by atoms with E-state index in [0.717, 1.165) is 18.8 Å². The molecule has 0 aliphatic heterocycles. The second-order valence-corrected chi connectivity index (χ2v) is 10.2. The van der Waals surface area contributed by atoms with E-state index >= 15 is 0 Å². The average Bonchev–Trinajstić information content (AvgIpc) is 3.58. The lowest BCUT2D eigenvalue weighted by atomic mass is 9.99. The molecule has 0 amide bonds. The van der Waals surface area contributed by atoms with Gasteiger partial charge in [-0.1, -0.05) is 114 Å². The van der Waals surface area contributed by atoms with Gasteiger partial charge in [-0.2, -0.15) is 0 Å². The van der Waals surface area contributed by atoms with E-state index in [-0.39, 0.29) is 6.04 Å². The summed E-state index contributed by atoms with van der Waals surface area (Å²) >= 11 is 1.79. The zero-order valence-corrected chi connectivity index (χ0v) is 21.3. The summed E-state index contributed by atoms with van der Waals surface area (Å²) in [6.45, 7) is 2.30. The Hall–Kier alpha value is -4.06. The minimum absolute atomic E-state index is 0.0407. The van der Waals surface area contributed by atoms with Crippen LogP contribution in [0, 0.1) is 0 Å². The lowest BCUT2D eigenvalue weighted by molar-refractivity contribution is 0.204. The Balaban J connectivity index is 1.44. The molecule has 2 heterocycles. The largest absolute Gasteiger partial charge is 0.282 e. The predicted octanol–water partition coefficient (Wildman–Crippen LogP) is 7.33. The molecule has 0 bridgehead atoms. The van der Waals surface area contributed by atoms with Crippen LogP contribution in [-0.2, 0) is 19.6 Å². The van der Waals surface area contributed by atoms with Crippen molar-refractivity contribution in [3.63, 3.8) is 0 Å². The van der Waals surface area contributed by atoms with Crippen molar-refractivity contribution in [2.24, 2.45) is 0 Å². The number of benzene rings is 4. The fraction of sp³-hybridized carbons (Fsp3) is 0.125. The zero-order chi connectivity index (χ0) is 24.9. The number of thiophene rings is 1. The molecule has 0 saturated carbocycles. The fourth-order valence-electron chi connectivity index (χ4n) is 4.91. The Morgan fingerprint density at radius 3 is 1.89 bits per heavy atom. The number of rotatable bonds is 9. The van der Waals surface area contributed by atoms with Gasteiger partial charge in [0.05, 0.1) is 18.8 Å². The number of fused-ring (bicyclic) bond motifs is 1. The molecule has 0 N–H and O–H groups in total. The predicted molar refractivity (Wildman–Crippen MR) is 151 cm³/mol. The summed E-state index contributed by atoms with van der Waals surface area (Å²) in [7, 11) is 0. The van der Waals surface area contributed by atoms with Gasteiger partial charge in [-0.05, 0) is 39.1 Å². The zero-order valence-electron chi connectivity index (χ0n) is 20.5. The molecular weight excluding hydrogens is 472 g/mol. The molecule has 182 valence electrons. The van der Waals surface area contributed by atoms with Crippen LogP contribution < -0.4 is 0 Å². The van der Waals surface area contributed by atoms with Crippen LogP contribution in [0.15, 0.2) is 127 Å². The summed E-state index contributed by atoms with van der Waals surface area (Å²) in [6.07, 6.45) is 2.12. The molecule has 1 atom stereocenters. The van der Waals surface area contributed by atoms with Gasteiger partial charge in [0.25, 0.3) is 0 Å². The van der Waals surface area contributed by atoms with Gasteiger partial charge < -0.3 is 0 Å². The highest BCUT2D eigenvalue weighted by Gasteiger charge is 2.28. The van der Waals surface area contributed by atoms with Crippen molar-refractivity contribution in [3.05, 3.63) is 155 Å². The standard InChI is InChI=1S/C32H28N4S/c1-4-12-25(13-5-1)20-35(21-26-14-6-2-7-15-26)32(29-24-37-31-19-11-10-18-28(29)31)30-23-36(34-33-30)22-27-16-8-3-9-17-27/h1-19,23-24,32H,20-22H2/t32-/m0/s1. The molecule has 6 aromatic rings. The van der Waals surface area contributed by atoms with Crippen LogP contribution >= 0.6 is 11.3 Å². The molecular formula is C32H28N4S. The van der Waals surface area contributed by atoms with Gasteiger partial charge >= 0.3 is 0 Å². The first-order valence-electron chi connectivity index (χ1n) is 12.6. The third-order valence-electron chi connectivity index (χ3n) is 6.65. The van der Waals surface area contributed by atoms with E-state index in [1.807, 2.05) is 10.7 Å². The van der Waals surface area contributed by atoms with Gasteiger partial charge in [0, 0.05) is 17.8 Å². The Labute approximate surface area is 221 Å². The smallest absolute Gasteiger partial charge is 0.104 e. The molecule has 0 aliphatic carbocycles. The molecule has 0 aliphatic rings. The lowest BCUT2D eigenvalue weighted by Gasteiger charge is -2.31. The molecule has 0 saturated heterocycles.